The van der Waals surface area contributed by atoms with Crippen LogP contribution in [0.15, 0.2) is 54.6 Å². The summed E-state index contributed by atoms with van der Waals surface area (Å²) in [6.07, 6.45) is 0. The summed E-state index contributed by atoms with van der Waals surface area (Å²) in [5.74, 6) is 0.435. The molecular weight excluding hydrogens is 220 g/mol. The third-order valence-electron chi connectivity index (χ3n) is 3.75. The Morgan fingerprint density at radius 3 is 2.33 bits per heavy atom. The van der Waals surface area contributed by atoms with E-state index in [1.807, 2.05) is 0 Å². The van der Waals surface area contributed by atoms with Crippen LogP contribution in [-0.4, -0.2) is 13.1 Å². The Hall–Kier alpha value is -1.64. The number of nitrogens with two attached hydrogens (primary N) is 1. The van der Waals surface area contributed by atoms with Crippen LogP contribution >= 0.6 is 0 Å². The van der Waals surface area contributed by atoms with E-state index in [1.54, 1.807) is 0 Å². The molecule has 1 aliphatic rings. The summed E-state index contributed by atoms with van der Waals surface area (Å²) < 4.78 is 0. The molecule has 0 saturated carbocycles. The van der Waals surface area contributed by atoms with Crippen molar-refractivity contribution in [1.29, 1.82) is 0 Å². The number of hydrogen-bond acceptors (Lipinski definition) is 2. The molecule has 1 aliphatic heterocycles. The predicted molar refractivity (Wildman–Crippen MR) is 74.5 cm³/mol. The predicted octanol–water partition coefficient (Wildman–Crippen LogP) is 2.42. The average Bonchev–Trinajstić information content (AvgIpc) is 2.47. The number of nitrogens with one attached hydrogen (secondary N) is 1. The second-order valence-corrected chi connectivity index (χ2v) is 4.79. The Morgan fingerprint density at radius 2 is 1.61 bits per heavy atom. The number of benzene rings is 2. The molecule has 2 aromatic carbocycles. The van der Waals surface area contributed by atoms with Crippen LogP contribution < -0.4 is 11.1 Å². The molecule has 1 heterocycles. The smallest absolute Gasteiger partial charge is 0.0447 e. The summed E-state index contributed by atoms with van der Waals surface area (Å²) in [5.41, 5.74) is 9.97. The van der Waals surface area contributed by atoms with E-state index in [1.165, 1.54) is 16.7 Å². The van der Waals surface area contributed by atoms with Crippen LogP contribution in [0.4, 0.5) is 0 Å². The Kier molecular flexibility index (Phi) is 3.13. The lowest BCUT2D eigenvalue weighted by atomic mass is 9.82. The largest absolute Gasteiger partial charge is 0.329 e. The third-order valence-corrected chi connectivity index (χ3v) is 3.75. The lowest BCUT2D eigenvalue weighted by Crippen LogP contribution is -2.37. The highest BCUT2D eigenvalue weighted by Crippen LogP contribution is 2.33. The lowest BCUT2D eigenvalue weighted by Gasteiger charge is -2.32. The molecule has 2 heteroatoms. The van der Waals surface area contributed by atoms with Crippen LogP contribution in [0.5, 0.6) is 0 Å². The van der Waals surface area contributed by atoms with Crippen LogP contribution in [0.3, 0.4) is 0 Å². The lowest BCUT2D eigenvalue weighted by molar-refractivity contribution is 0.486. The van der Waals surface area contributed by atoms with Gasteiger partial charge < -0.3 is 11.1 Å². The second-order valence-electron chi connectivity index (χ2n) is 4.79. The van der Waals surface area contributed by atoms with Gasteiger partial charge in [-0.25, -0.2) is 0 Å². The molecule has 18 heavy (non-hydrogen) atoms. The van der Waals surface area contributed by atoms with Gasteiger partial charge in [-0.1, -0.05) is 54.6 Å². The zero-order valence-electron chi connectivity index (χ0n) is 10.3. The second kappa shape index (κ2) is 4.92. The van der Waals surface area contributed by atoms with Gasteiger partial charge in [-0.3, -0.25) is 0 Å². The normalized spacial score (nSPS) is 22.5. The molecule has 3 rings (SSSR count). The van der Waals surface area contributed by atoms with E-state index in [2.05, 4.69) is 59.9 Å². The fourth-order valence-electron chi connectivity index (χ4n) is 2.82. The van der Waals surface area contributed by atoms with Gasteiger partial charge in [-0.2, -0.15) is 0 Å². The highest BCUT2D eigenvalue weighted by Gasteiger charge is 2.26. The van der Waals surface area contributed by atoms with Crippen molar-refractivity contribution in [2.24, 2.45) is 5.73 Å². The van der Waals surface area contributed by atoms with Crippen molar-refractivity contribution in [2.75, 3.05) is 13.1 Å². The molecule has 2 nitrogen and oxygen atoms in total. The van der Waals surface area contributed by atoms with Gasteiger partial charge in [-0.15, -0.1) is 0 Å². The summed E-state index contributed by atoms with van der Waals surface area (Å²) in [6.45, 7) is 1.61. The molecule has 0 spiro atoms. The molecule has 0 bridgehead atoms. The van der Waals surface area contributed by atoms with Gasteiger partial charge in [0.2, 0.25) is 0 Å². The standard InChI is InChI=1S/C16H18N2/c17-10-16-14-9-5-4-8-13(14)15(11-18-16)12-6-2-1-3-7-12/h1-9,15-16,18H,10-11,17H2. The first kappa shape index (κ1) is 11.5. The Bertz CT molecular complexity index is 522. The van der Waals surface area contributed by atoms with Gasteiger partial charge in [0.1, 0.15) is 0 Å². The fraction of sp³-hybridized carbons (Fsp3) is 0.250. The number of rotatable bonds is 2. The summed E-state index contributed by atoms with van der Waals surface area (Å²) in [7, 11) is 0. The average molecular weight is 238 g/mol. The van der Waals surface area contributed by atoms with Gasteiger partial charge in [0.05, 0.1) is 0 Å². The number of hydrogen-bond donors (Lipinski definition) is 2. The molecule has 0 saturated heterocycles. The van der Waals surface area contributed by atoms with E-state index in [4.69, 9.17) is 5.73 Å². The molecule has 0 fully saturated rings. The van der Waals surface area contributed by atoms with Crippen molar-refractivity contribution in [3.8, 4) is 0 Å². The summed E-state index contributed by atoms with van der Waals surface area (Å²) in [4.78, 5) is 0. The molecule has 2 aromatic rings. The monoisotopic (exact) mass is 238 g/mol. The highest BCUT2D eigenvalue weighted by molar-refractivity contribution is 5.42. The molecule has 92 valence electrons. The van der Waals surface area contributed by atoms with Gasteiger partial charge in [0.25, 0.3) is 0 Å². The topological polar surface area (TPSA) is 38.0 Å². The minimum atomic E-state index is 0.293. The maximum atomic E-state index is 5.84. The van der Waals surface area contributed by atoms with E-state index in [0.717, 1.165) is 6.54 Å². The van der Waals surface area contributed by atoms with Crippen molar-refractivity contribution >= 4 is 0 Å². The quantitative estimate of drug-likeness (QED) is 0.843. The van der Waals surface area contributed by atoms with Gasteiger partial charge in [0.15, 0.2) is 0 Å². The van der Waals surface area contributed by atoms with Crippen LogP contribution in [0.2, 0.25) is 0 Å². The minimum absolute atomic E-state index is 0.293. The van der Waals surface area contributed by atoms with Gasteiger partial charge in [0, 0.05) is 25.0 Å². The van der Waals surface area contributed by atoms with Crippen molar-refractivity contribution in [3.05, 3.63) is 71.3 Å². The zero-order chi connectivity index (χ0) is 12.4. The first-order chi connectivity index (χ1) is 8.90. The Balaban J connectivity index is 2.04. The summed E-state index contributed by atoms with van der Waals surface area (Å²) in [6, 6.07) is 19.6. The first-order valence-corrected chi connectivity index (χ1v) is 6.47. The van der Waals surface area contributed by atoms with Crippen molar-refractivity contribution < 1.29 is 0 Å². The molecule has 0 aromatic heterocycles. The minimum Gasteiger partial charge on any atom is -0.329 e. The third kappa shape index (κ3) is 1.94. The molecule has 0 aliphatic carbocycles. The van der Waals surface area contributed by atoms with E-state index < -0.39 is 0 Å². The van der Waals surface area contributed by atoms with Crippen molar-refractivity contribution in [1.82, 2.24) is 5.32 Å². The van der Waals surface area contributed by atoms with Gasteiger partial charge in [-0.05, 0) is 16.7 Å². The summed E-state index contributed by atoms with van der Waals surface area (Å²) in [5, 5.41) is 3.55. The van der Waals surface area contributed by atoms with Crippen molar-refractivity contribution in [2.45, 2.75) is 12.0 Å². The molecule has 2 atom stereocenters. The van der Waals surface area contributed by atoms with E-state index in [-0.39, 0.29) is 0 Å². The van der Waals surface area contributed by atoms with E-state index >= 15 is 0 Å². The van der Waals surface area contributed by atoms with Crippen LogP contribution in [0.1, 0.15) is 28.7 Å². The molecule has 2 unspecified atom stereocenters. The SMILES string of the molecule is NCC1NCC(c2ccccc2)c2ccccc21. The fourth-order valence-corrected chi connectivity index (χ4v) is 2.82. The van der Waals surface area contributed by atoms with E-state index in [0.29, 0.717) is 18.5 Å². The first-order valence-electron chi connectivity index (χ1n) is 6.47. The maximum absolute atomic E-state index is 5.84. The molecular formula is C16H18N2. The molecule has 0 amide bonds. The van der Waals surface area contributed by atoms with Crippen LogP contribution in [0, 0.1) is 0 Å². The van der Waals surface area contributed by atoms with Crippen LogP contribution in [0.25, 0.3) is 0 Å². The Morgan fingerprint density at radius 1 is 0.944 bits per heavy atom. The highest BCUT2D eigenvalue weighted by atomic mass is 14.9. The molecule has 0 radical (unpaired) electrons. The van der Waals surface area contributed by atoms with Crippen LogP contribution in [-0.2, 0) is 0 Å². The molecule has 3 N–H and O–H groups in total. The van der Waals surface area contributed by atoms with Crippen molar-refractivity contribution in [3.63, 3.8) is 0 Å². The number of fused-ring (bicyclic) bond motifs is 1. The maximum Gasteiger partial charge on any atom is 0.0447 e. The van der Waals surface area contributed by atoms with Gasteiger partial charge >= 0.3 is 0 Å². The zero-order valence-corrected chi connectivity index (χ0v) is 10.3. The van der Waals surface area contributed by atoms with E-state index in [9.17, 15) is 0 Å². The summed E-state index contributed by atoms with van der Waals surface area (Å²) >= 11 is 0. The Labute approximate surface area is 108 Å².